The molecule has 0 saturated carbocycles. The van der Waals surface area contributed by atoms with E-state index >= 15 is 8.78 Å². The van der Waals surface area contributed by atoms with Crippen LogP contribution >= 0.6 is 0 Å². The molecule has 0 radical (unpaired) electrons. The van der Waals surface area contributed by atoms with Crippen LogP contribution < -0.4 is 0 Å². The molecule has 2 aliphatic heterocycles. The van der Waals surface area contributed by atoms with Crippen molar-refractivity contribution in [3.63, 3.8) is 0 Å². The van der Waals surface area contributed by atoms with E-state index in [-0.39, 0.29) is 17.6 Å². The van der Waals surface area contributed by atoms with Gasteiger partial charge in [0, 0.05) is 48.3 Å². The summed E-state index contributed by atoms with van der Waals surface area (Å²) in [5, 5.41) is 1.02. The zero-order chi connectivity index (χ0) is 22.1. The third kappa shape index (κ3) is 3.99. The predicted octanol–water partition coefficient (Wildman–Crippen LogP) is 5.41. The quantitative estimate of drug-likeness (QED) is 0.549. The molecule has 1 amide bonds. The fourth-order valence-corrected chi connectivity index (χ4v) is 4.79. The van der Waals surface area contributed by atoms with Gasteiger partial charge in [-0.05, 0) is 43.4 Å². The lowest BCUT2D eigenvalue weighted by atomic mass is 9.86. The van der Waals surface area contributed by atoms with E-state index in [2.05, 4.69) is 4.98 Å². The van der Waals surface area contributed by atoms with Crippen LogP contribution in [0.2, 0.25) is 0 Å². The fourth-order valence-electron chi connectivity index (χ4n) is 4.79. The summed E-state index contributed by atoms with van der Waals surface area (Å²) in [6.07, 6.45) is 3.59. The average molecular weight is 437 g/mol. The number of likely N-dealkylation sites (tertiary alicyclic amines) is 1. The van der Waals surface area contributed by atoms with Crippen molar-refractivity contribution in [2.75, 3.05) is 19.7 Å². The van der Waals surface area contributed by atoms with Crippen molar-refractivity contribution in [2.45, 2.75) is 37.7 Å². The lowest BCUT2D eigenvalue weighted by molar-refractivity contribution is -0.146. The molecule has 1 unspecified atom stereocenters. The second-order valence-electron chi connectivity index (χ2n) is 8.72. The molecule has 2 aromatic carbocycles. The van der Waals surface area contributed by atoms with E-state index in [1.807, 2.05) is 30.3 Å². The number of carbonyl (C=O) groups excluding carboxylic acids is 1. The highest BCUT2D eigenvalue weighted by Crippen LogP contribution is 2.42. The summed E-state index contributed by atoms with van der Waals surface area (Å²) < 4.78 is 36.0. The molecule has 0 N–H and O–H groups in total. The van der Waals surface area contributed by atoms with Crippen molar-refractivity contribution in [1.82, 2.24) is 9.88 Å². The minimum absolute atomic E-state index is 0.0268. The molecule has 32 heavy (non-hydrogen) atoms. The molecule has 166 valence electrons. The molecule has 5 rings (SSSR count). The number of benzene rings is 2. The molecule has 4 nitrogen and oxygen atoms in total. The molecule has 6 heteroatoms. The molecule has 1 aromatic heterocycles. The first-order chi connectivity index (χ1) is 15.5. The van der Waals surface area contributed by atoms with Crippen LogP contribution in [0.3, 0.4) is 0 Å². The van der Waals surface area contributed by atoms with Crippen LogP contribution in [0.4, 0.5) is 8.78 Å². The zero-order valence-corrected chi connectivity index (χ0v) is 17.8. The molecule has 2 aliphatic rings. The number of hydrogen-bond acceptors (Lipinski definition) is 3. The van der Waals surface area contributed by atoms with Gasteiger partial charge in [0.05, 0.1) is 5.52 Å². The number of fused-ring (bicyclic) bond motifs is 1. The summed E-state index contributed by atoms with van der Waals surface area (Å²) >= 11 is 0. The first kappa shape index (κ1) is 21.0. The Morgan fingerprint density at radius 2 is 1.75 bits per heavy atom. The van der Waals surface area contributed by atoms with E-state index in [1.165, 1.54) is 12.1 Å². The van der Waals surface area contributed by atoms with Gasteiger partial charge in [-0.2, -0.15) is 0 Å². The molecule has 3 heterocycles. The minimum atomic E-state index is -2.93. The van der Waals surface area contributed by atoms with Crippen molar-refractivity contribution >= 4 is 16.8 Å². The van der Waals surface area contributed by atoms with Crippen LogP contribution in [0, 0.1) is 5.92 Å². The number of aromatic nitrogens is 1. The van der Waals surface area contributed by atoms with Crippen molar-refractivity contribution in [1.29, 1.82) is 0 Å². The summed E-state index contributed by atoms with van der Waals surface area (Å²) in [7, 11) is 0. The number of amides is 1. The van der Waals surface area contributed by atoms with Gasteiger partial charge in [0.15, 0.2) is 0 Å². The maximum absolute atomic E-state index is 15.3. The third-order valence-corrected chi connectivity index (χ3v) is 6.72. The molecular formula is C26H26F2N2O2. The van der Waals surface area contributed by atoms with Crippen LogP contribution in [0.1, 0.15) is 31.2 Å². The summed E-state index contributed by atoms with van der Waals surface area (Å²) in [5.74, 6) is -3.75. The predicted molar refractivity (Wildman–Crippen MR) is 119 cm³/mol. The van der Waals surface area contributed by atoms with Crippen molar-refractivity contribution in [3.05, 3.63) is 66.4 Å². The van der Waals surface area contributed by atoms with E-state index < -0.39 is 11.8 Å². The number of ether oxygens (including phenoxy) is 1. The minimum Gasteiger partial charge on any atom is -0.368 e. The number of para-hydroxylation sites is 1. The van der Waals surface area contributed by atoms with Crippen LogP contribution in [0.5, 0.6) is 0 Å². The van der Waals surface area contributed by atoms with Gasteiger partial charge in [0.1, 0.15) is 6.10 Å². The Hall–Kier alpha value is -2.86. The first-order valence-corrected chi connectivity index (χ1v) is 11.3. The second-order valence-corrected chi connectivity index (χ2v) is 8.72. The summed E-state index contributed by atoms with van der Waals surface area (Å²) in [5.41, 5.74) is 2.70. The van der Waals surface area contributed by atoms with Gasteiger partial charge in [0.25, 0.3) is 11.8 Å². The van der Waals surface area contributed by atoms with Crippen LogP contribution in [-0.4, -0.2) is 41.6 Å². The number of piperidine rings is 1. The fraction of sp³-hybridized carbons (Fsp3) is 0.385. The van der Waals surface area contributed by atoms with Gasteiger partial charge in [-0.15, -0.1) is 0 Å². The summed E-state index contributed by atoms with van der Waals surface area (Å²) in [6, 6.07) is 16.4. The summed E-state index contributed by atoms with van der Waals surface area (Å²) in [6.45, 7) is 1.33. The monoisotopic (exact) mass is 436 g/mol. The van der Waals surface area contributed by atoms with Gasteiger partial charge >= 0.3 is 0 Å². The molecule has 1 atom stereocenters. The van der Waals surface area contributed by atoms with Gasteiger partial charge < -0.3 is 9.64 Å². The largest absolute Gasteiger partial charge is 0.368 e. The molecule has 3 aromatic rings. The van der Waals surface area contributed by atoms with E-state index in [0.717, 1.165) is 34.9 Å². The first-order valence-electron chi connectivity index (χ1n) is 11.3. The van der Waals surface area contributed by atoms with E-state index in [9.17, 15) is 4.79 Å². The zero-order valence-electron chi connectivity index (χ0n) is 17.8. The van der Waals surface area contributed by atoms with Crippen LogP contribution in [-0.2, 0) is 15.5 Å². The highest BCUT2D eigenvalue weighted by molar-refractivity contribution is 5.83. The van der Waals surface area contributed by atoms with Crippen LogP contribution in [0.25, 0.3) is 22.0 Å². The van der Waals surface area contributed by atoms with E-state index in [0.29, 0.717) is 32.5 Å². The van der Waals surface area contributed by atoms with Gasteiger partial charge in [-0.3, -0.25) is 9.78 Å². The average Bonchev–Trinajstić information content (AvgIpc) is 3.38. The Morgan fingerprint density at radius 3 is 2.47 bits per heavy atom. The number of hydrogen-bond donors (Lipinski definition) is 0. The standard InChI is InChI=1S/C26H26F2N2O2/c27-26(28,22-11-13-30(14-12-22)25(31)24-6-3-15-32-24)21-9-7-18(8-10-21)20-16-19-4-1-2-5-23(19)29-17-20/h1-2,4-5,7-10,16-17,22,24H,3,6,11-15H2. The third-order valence-electron chi connectivity index (χ3n) is 6.72. The number of halogens is 2. The molecule has 0 spiro atoms. The number of alkyl halides is 2. The van der Waals surface area contributed by atoms with Crippen molar-refractivity contribution in [3.8, 4) is 11.1 Å². The van der Waals surface area contributed by atoms with E-state index in [1.54, 1.807) is 23.2 Å². The molecule has 2 saturated heterocycles. The Morgan fingerprint density at radius 1 is 1.00 bits per heavy atom. The molecular weight excluding hydrogens is 410 g/mol. The summed E-state index contributed by atoms with van der Waals surface area (Å²) in [4.78, 5) is 18.6. The van der Waals surface area contributed by atoms with Crippen LogP contribution in [0.15, 0.2) is 60.8 Å². The highest BCUT2D eigenvalue weighted by atomic mass is 19.3. The Labute approximate surface area is 186 Å². The van der Waals surface area contributed by atoms with Gasteiger partial charge in [-0.1, -0.05) is 42.5 Å². The Bertz CT molecular complexity index is 1100. The lowest BCUT2D eigenvalue weighted by Gasteiger charge is -2.36. The van der Waals surface area contributed by atoms with Gasteiger partial charge in [0.2, 0.25) is 0 Å². The Kier molecular flexibility index (Phi) is 5.64. The molecule has 0 bridgehead atoms. The maximum Gasteiger partial charge on any atom is 0.276 e. The second kappa shape index (κ2) is 8.58. The lowest BCUT2D eigenvalue weighted by Crippen LogP contribution is -2.46. The smallest absolute Gasteiger partial charge is 0.276 e. The topological polar surface area (TPSA) is 42.4 Å². The maximum atomic E-state index is 15.3. The SMILES string of the molecule is O=C(C1CCCO1)N1CCC(C(F)(F)c2ccc(-c3cnc4ccccc4c3)cc2)CC1. The van der Waals surface area contributed by atoms with Crippen molar-refractivity contribution < 1.29 is 18.3 Å². The van der Waals surface area contributed by atoms with Crippen molar-refractivity contribution in [2.24, 2.45) is 5.92 Å². The molecule has 0 aliphatic carbocycles. The number of nitrogens with zero attached hydrogens (tertiary/aromatic N) is 2. The number of carbonyl (C=O) groups is 1. The highest BCUT2D eigenvalue weighted by Gasteiger charge is 2.43. The normalized spacial score (nSPS) is 20.1. The Balaban J connectivity index is 1.27. The van der Waals surface area contributed by atoms with E-state index in [4.69, 9.17) is 4.74 Å². The number of rotatable bonds is 4. The molecule has 2 fully saturated rings. The number of pyridine rings is 1. The van der Waals surface area contributed by atoms with Gasteiger partial charge in [-0.25, -0.2) is 8.78 Å².